The van der Waals surface area contributed by atoms with Crippen molar-refractivity contribution in [3.63, 3.8) is 0 Å². The highest BCUT2D eigenvalue weighted by atomic mass is 32.1. The molecule has 1 aliphatic heterocycles. The Morgan fingerprint density at radius 3 is 2.94 bits per heavy atom. The first-order chi connectivity index (χ1) is 7.83. The third kappa shape index (κ3) is 1.70. The molecule has 0 spiro atoms. The van der Waals surface area contributed by atoms with Gasteiger partial charge in [0.2, 0.25) is 0 Å². The van der Waals surface area contributed by atoms with Crippen LogP contribution in [0, 0.1) is 3.95 Å². The van der Waals surface area contributed by atoms with E-state index in [0.29, 0.717) is 10.6 Å². The van der Waals surface area contributed by atoms with Crippen LogP contribution in [-0.2, 0) is 0 Å². The van der Waals surface area contributed by atoms with Gasteiger partial charge >= 0.3 is 0 Å². The Morgan fingerprint density at radius 1 is 1.38 bits per heavy atom. The van der Waals surface area contributed by atoms with Crippen LogP contribution in [0.3, 0.4) is 0 Å². The fraction of sp³-hybridized carbons (Fsp3) is 0.200. The van der Waals surface area contributed by atoms with Crippen molar-refractivity contribution in [2.24, 2.45) is 0 Å². The molecule has 0 amide bonds. The summed E-state index contributed by atoms with van der Waals surface area (Å²) >= 11 is 6.40. The Labute approximate surface area is 101 Å². The summed E-state index contributed by atoms with van der Waals surface area (Å²) in [5.41, 5.74) is 0. The minimum atomic E-state index is -0.173. The van der Waals surface area contributed by atoms with Crippen LogP contribution in [0.2, 0.25) is 0 Å². The number of nitrogens with one attached hydrogen (secondary N) is 1. The lowest BCUT2D eigenvalue weighted by Crippen LogP contribution is -2.21. The minimum Gasteiger partial charge on any atom is -0.485 e. The predicted molar refractivity (Wildman–Crippen MR) is 62.6 cm³/mol. The molecular weight excluding hydrogens is 244 g/mol. The molecule has 0 aliphatic carbocycles. The van der Waals surface area contributed by atoms with E-state index in [1.54, 1.807) is 0 Å². The van der Waals surface area contributed by atoms with Crippen molar-refractivity contribution in [1.29, 1.82) is 0 Å². The molecule has 82 valence electrons. The van der Waals surface area contributed by atoms with Gasteiger partial charge in [-0.2, -0.15) is 5.10 Å². The standard InChI is InChI=1S/C10H8N2O2S2/c15-10-12-11-9(16-10)8-5-13-6-3-1-2-4-7(6)14-8/h1-4,8H,5H2,(H,12,15)/t8-/m1/s1. The molecular formula is C10H8N2O2S2. The first-order valence-corrected chi connectivity index (χ1v) is 5.99. The summed E-state index contributed by atoms with van der Waals surface area (Å²) in [6.45, 7) is 0.465. The molecule has 1 N–H and O–H groups in total. The highest BCUT2D eigenvalue weighted by Crippen LogP contribution is 2.36. The maximum atomic E-state index is 5.79. The Bertz CT molecular complexity index is 564. The predicted octanol–water partition coefficient (Wildman–Crippen LogP) is 2.71. The Morgan fingerprint density at radius 2 is 2.19 bits per heavy atom. The molecule has 0 saturated heterocycles. The number of hydrogen-bond donors (Lipinski definition) is 1. The number of hydrogen-bond acceptors (Lipinski definition) is 5. The van der Waals surface area contributed by atoms with Crippen LogP contribution < -0.4 is 9.47 Å². The van der Waals surface area contributed by atoms with E-state index >= 15 is 0 Å². The normalized spacial score (nSPS) is 18.4. The third-order valence-electron chi connectivity index (χ3n) is 2.24. The van der Waals surface area contributed by atoms with Crippen LogP contribution in [0.4, 0.5) is 0 Å². The quantitative estimate of drug-likeness (QED) is 0.793. The molecule has 0 saturated carbocycles. The molecule has 1 aromatic carbocycles. The lowest BCUT2D eigenvalue weighted by atomic mass is 10.3. The zero-order chi connectivity index (χ0) is 11.0. The largest absolute Gasteiger partial charge is 0.485 e. The van der Waals surface area contributed by atoms with E-state index in [-0.39, 0.29) is 6.10 Å². The molecule has 2 aromatic rings. The molecule has 3 rings (SSSR count). The SMILES string of the molecule is S=c1[nH]nc([C@H]2COc3ccccc3O2)s1. The maximum Gasteiger partial charge on any atom is 0.186 e. The molecule has 16 heavy (non-hydrogen) atoms. The average molecular weight is 252 g/mol. The second-order valence-electron chi connectivity index (χ2n) is 3.32. The van der Waals surface area contributed by atoms with Crippen molar-refractivity contribution in [3.05, 3.63) is 33.2 Å². The highest BCUT2D eigenvalue weighted by Gasteiger charge is 2.24. The van der Waals surface area contributed by atoms with E-state index in [4.69, 9.17) is 21.7 Å². The molecule has 1 atom stereocenters. The van der Waals surface area contributed by atoms with Crippen LogP contribution in [0.15, 0.2) is 24.3 Å². The van der Waals surface area contributed by atoms with Gasteiger partial charge in [-0.15, -0.1) is 0 Å². The van der Waals surface area contributed by atoms with Crippen LogP contribution in [0.1, 0.15) is 11.1 Å². The summed E-state index contributed by atoms with van der Waals surface area (Å²) < 4.78 is 12.0. The van der Waals surface area contributed by atoms with Crippen LogP contribution in [0.5, 0.6) is 11.5 Å². The van der Waals surface area contributed by atoms with E-state index in [1.165, 1.54) is 11.3 Å². The van der Waals surface area contributed by atoms with Gasteiger partial charge in [-0.05, 0) is 24.4 Å². The molecule has 0 radical (unpaired) electrons. The van der Waals surface area contributed by atoms with Gasteiger partial charge in [-0.1, -0.05) is 23.5 Å². The molecule has 0 bridgehead atoms. The van der Waals surface area contributed by atoms with Crippen molar-refractivity contribution in [2.75, 3.05) is 6.61 Å². The number of fused-ring (bicyclic) bond motifs is 1. The van der Waals surface area contributed by atoms with E-state index in [1.807, 2.05) is 24.3 Å². The number of ether oxygens (including phenoxy) is 2. The smallest absolute Gasteiger partial charge is 0.186 e. The summed E-state index contributed by atoms with van der Waals surface area (Å²) in [5, 5.41) is 7.65. The Balaban J connectivity index is 1.90. The molecule has 2 heterocycles. The Hall–Kier alpha value is -1.40. The van der Waals surface area contributed by atoms with Gasteiger partial charge in [0.15, 0.2) is 26.6 Å². The van der Waals surface area contributed by atoms with Crippen molar-refractivity contribution in [1.82, 2.24) is 10.2 Å². The van der Waals surface area contributed by atoms with E-state index in [2.05, 4.69) is 10.2 Å². The highest BCUT2D eigenvalue weighted by molar-refractivity contribution is 7.73. The monoisotopic (exact) mass is 252 g/mol. The number of aromatic amines is 1. The third-order valence-corrected chi connectivity index (χ3v) is 3.42. The molecule has 0 fully saturated rings. The summed E-state index contributed by atoms with van der Waals surface area (Å²) in [7, 11) is 0. The summed E-state index contributed by atoms with van der Waals surface area (Å²) in [6.07, 6.45) is -0.173. The fourth-order valence-corrected chi connectivity index (χ4v) is 2.44. The zero-order valence-electron chi connectivity index (χ0n) is 8.17. The summed E-state index contributed by atoms with van der Waals surface area (Å²) in [4.78, 5) is 0. The maximum absolute atomic E-state index is 5.79. The summed E-state index contributed by atoms with van der Waals surface area (Å²) in [5.74, 6) is 1.53. The van der Waals surface area contributed by atoms with Gasteiger partial charge in [0.25, 0.3) is 0 Å². The van der Waals surface area contributed by atoms with E-state index in [0.717, 1.165) is 16.5 Å². The first kappa shape index (κ1) is 9.80. The van der Waals surface area contributed by atoms with Gasteiger partial charge < -0.3 is 9.47 Å². The number of aromatic nitrogens is 2. The Kier molecular flexibility index (Phi) is 2.37. The number of benzene rings is 1. The summed E-state index contributed by atoms with van der Waals surface area (Å²) in [6, 6.07) is 7.60. The molecule has 6 heteroatoms. The first-order valence-electron chi connectivity index (χ1n) is 4.77. The molecule has 1 aromatic heterocycles. The average Bonchev–Trinajstić information content (AvgIpc) is 2.75. The number of H-pyrrole nitrogens is 1. The van der Waals surface area contributed by atoms with Crippen molar-refractivity contribution in [2.45, 2.75) is 6.10 Å². The minimum absolute atomic E-state index is 0.173. The van der Waals surface area contributed by atoms with Gasteiger partial charge in [0.1, 0.15) is 6.61 Å². The van der Waals surface area contributed by atoms with Crippen molar-refractivity contribution in [3.8, 4) is 11.5 Å². The fourth-order valence-electron chi connectivity index (χ4n) is 1.52. The number of para-hydroxylation sites is 2. The number of nitrogens with zero attached hydrogens (tertiary/aromatic N) is 1. The van der Waals surface area contributed by atoms with Crippen LogP contribution in [-0.4, -0.2) is 16.8 Å². The molecule has 4 nitrogen and oxygen atoms in total. The van der Waals surface area contributed by atoms with E-state index < -0.39 is 0 Å². The van der Waals surface area contributed by atoms with Crippen molar-refractivity contribution >= 4 is 23.6 Å². The second-order valence-corrected chi connectivity index (χ2v) is 5.01. The van der Waals surface area contributed by atoms with Crippen molar-refractivity contribution < 1.29 is 9.47 Å². The van der Waals surface area contributed by atoms with Crippen LogP contribution in [0.25, 0.3) is 0 Å². The van der Waals surface area contributed by atoms with Gasteiger partial charge in [-0.3, -0.25) is 5.10 Å². The lowest BCUT2D eigenvalue weighted by Gasteiger charge is -2.24. The zero-order valence-corrected chi connectivity index (χ0v) is 9.81. The van der Waals surface area contributed by atoms with E-state index in [9.17, 15) is 0 Å². The lowest BCUT2D eigenvalue weighted by molar-refractivity contribution is 0.0906. The van der Waals surface area contributed by atoms with Crippen LogP contribution >= 0.6 is 23.6 Å². The molecule has 0 unspecified atom stereocenters. The van der Waals surface area contributed by atoms with Gasteiger partial charge in [0, 0.05) is 0 Å². The van der Waals surface area contributed by atoms with Gasteiger partial charge in [-0.25, -0.2) is 0 Å². The molecule has 1 aliphatic rings. The number of rotatable bonds is 1. The van der Waals surface area contributed by atoms with Gasteiger partial charge in [0.05, 0.1) is 0 Å². The second kappa shape index (κ2) is 3.88. The topological polar surface area (TPSA) is 47.1 Å².